The maximum atomic E-state index is 5.97. The molecule has 2 aliphatic rings. The lowest BCUT2D eigenvalue weighted by Gasteiger charge is -2.34. The van der Waals surface area contributed by atoms with Crippen LogP contribution < -0.4 is 5.84 Å². The Labute approximate surface area is 79.4 Å². The molecule has 0 saturated heterocycles. The number of rotatable bonds is 2. The van der Waals surface area contributed by atoms with Gasteiger partial charge >= 0.3 is 0 Å². The topological polar surface area (TPSA) is 29.3 Å². The van der Waals surface area contributed by atoms with Gasteiger partial charge in [-0.15, -0.1) is 0 Å². The highest BCUT2D eigenvalue weighted by Gasteiger charge is 2.51. The average Bonchev–Trinajstić information content (AvgIpc) is 2.91. The smallest absolute Gasteiger partial charge is 0.0604 e. The number of allylic oxidation sites excluding steroid dienone is 1. The summed E-state index contributed by atoms with van der Waals surface area (Å²) in [6.07, 6.45) is 7.24. The van der Waals surface area contributed by atoms with Gasteiger partial charge in [-0.05, 0) is 30.4 Å². The molecule has 2 heteroatoms. The molecule has 0 aromatic rings. The summed E-state index contributed by atoms with van der Waals surface area (Å²) in [7, 11) is 0. The van der Waals surface area contributed by atoms with E-state index in [1.165, 1.54) is 24.0 Å². The molecule has 0 amide bonds. The third-order valence-corrected chi connectivity index (χ3v) is 3.19. The van der Waals surface area contributed by atoms with Gasteiger partial charge in [-0.2, -0.15) is 0 Å². The van der Waals surface area contributed by atoms with Gasteiger partial charge in [0.25, 0.3) is 0 Å². The molecule has 1 fully saturated rings. The van der Waals surface area contributed by atoms with E-state index in [1.54, 1.807) is 0 Å². The van der Waals surface area contributed by atoms with Gasteiger partial charge in [0.15, 0.2) is 0 Å². The van der Waals surface area contributed by atoms with Crippen LogP contribution in [-0.2, 0) is 0 Å². The van der Waals surface area contributed by atoms with Gasteiger partial charge in [-0.1, -0.05) is 25.3 Å². The molecule has 1 aliphatic heterocycles. The summed E-state index contributed by atoms with van der Waals surface area (Å²) < 4.78 is 0. The van der Waals surface area contributed by atoms with Crippen molar-refractivity contribution >= 4 is 0 Å². The molecule has 1 heterocycles. The van der Waals surface area contributed by atoms with E-state index in [2.05, 4.69) is 13.2 Å². The highest BCUT2D eigenvalue weighted by Crippen LogP contribution is 2.50. The van der Waals surface area contributed by atoms with Crippen molar-refractivity contribution < 1.29 is 0 Å². The molecule has 0 bridgehead atoms. The van der Waals surface area contributed by atoms with Crippen molar-refractivity contribution in [2.45, 2.75) is 24.8 Å². The first-order valence-electron chi connectivity index (χ1n) is 4.75. The Morgan fingerprint density at radius 3 is 2.46 bits per heavy atom. The molecule has 0 unspecified atom stereocenters. The molecule has 1 spiro atoms. The van der Waals surface area contributed by atoms with Crippen LogP contribution in [0.2, 0.25) is 0 Å². The van der Waals surface area contributed by atoms with Crippen molar-refractivity contribution in [1.29, 1.82) is 0 Å². The molecule has 70 valence electrons. The third kappa shape index (κ3) is 1.10. The van der Waals surface area contributed by atoms with E-state index >= 15 is 0 Å². The maximum Gasteiger partial charge on any atom is 0.0604 e. The lowest BCUT2D eigenvalue weighted by Crippen LogP contribution is -2.47. The second kappa shape index (κ2) is 2.82. The van der Waals surface area contributed by atoms with Gasteiger partial charge < -0.3 is 0 Å². The molecular weight excluding hydrogens is 160 g/mol. The second-order valence-corrected chi connectivity index (χ2v) is 3.82. The quantitative estimate of drug-likeness (QED) is 0.650. The Bertz CT molecular complexity index is 284. The lowest BCUT2D eigenvalue weighted by molar-refractivity contribution is 0.201. The van der Waals surface area contributed by atoms with E-state index in [0.717, 1.165) is 13.0 Å². The molecule has 2 rings (SSSR count). The molecule has 1 aliphatic carbocycles. The van der Waals surface area contributed by atoms with Gasteiger partial charge in [0, 0.05) is 6.54 Å². The first-order chi connectivity index (χ1) is 6.24. The highest BCUT2D eigenvalue weighted by atomic mass is 15.5. The number of nitrogens with two attached hydrogens (primary N) is 1. The molecule has 0 radical (unpaired) electrons. The van der Waals surface area contributed by atoms with E-state index in [1.807, 2.05) is 17.2 Å². The van der Waals surface area contributed by atoms with Crippen LogP contribution in [-0.4, -0.2) is 17.1 Å². The van der Waals surface area contributed by atoms with Crippen molar-refractivity contribution in [3.05, 3.63) is 36.5 Å². The molecule has 2 nitrogen and oxygen atoms in total. The van der Waals surface area contributed by atoms with Crippen LogP contribution in [0.1, 0.15) is 19.3 Å². The minimum Gasteiger partial charge on any atom is -0.268 e. The van der Waals surface area contributed by atoms with Gasteiger partial charge in [0.05, 0.1) is 5.54 Å². The summed E-state index contributed by atoms with van der Waals surface area (Å²) >= 11 is 0. The number of nitrogens with zero attached hydrogens (tertiary/aromatic N) is 1. The predicted octanol–water partition coefficient (Wildman–Crippen LogP) is 1.77. The standard InChI is InChI=1S/C11H16N2/c1-3-9-5-8-13(12)11(6-7-11)10(9)4-2/h3-4H,1-2,5-8,12H2. The summed E-state index contributed by atoms with van der Waals surface area (Å²) in [5.74, 6) is 5.97. The minimum absolute atomic E-state index is 0.128. The van der Waals surface area contributed by atoms with Crippen LogP contribution in [0.25, 0.3) is 0 Å². The summed E-state index contributed by atoms with van der Waals surface area (Å²) in [6.45, 7) is 8.64. The predicted molar refractivity (Wildman–Crippen MR) is 54.9 cm³/mol. The largest absolute Gasteiger partial charge is 0.268 e. The normalized spacial score (nSPS) is 26.2. The average molecular weight is 176 g/mol. The molecule has 0 aromatic heterocycles. The first-order valence-corrected chi connectivity index (χ1v) is 4.75. The van der Waals surface area contributed by atoms with Gasteiger partial charge in [-0.3, -0.25) is 5.84 Å². The van der Waals surface area contributed by atoms with E-state index in [9.17, 15) is 0 Å². The fourth-order valence-electron chi connectivity index (χ4n) is 2.25. The maximum absolute atomic E-state index is 5.97. The van der Waals surface area contributed by atoms with Crippen LogP contribution in [0, 0.1) is 0 Å². The molecule has 2 N–H and O–H groups in total. The first kappa shape index (κ1) is 8.73. The highest BCUT2D eigenvalue weighted by molar-refractivity contribution is 5.45. The van der Waals surface area contributed by atoms with E-state index in [0.29, 0.717) is 0 Å². The Morgan fingerprint density at radius 2 is 2.00 bits per heavy atom. The Kier molecular flexibility index (Phi) is 1.90. The molecule has 13 heavy (non-hydrogen) atoms. The van der Waals surface area contributed by atoms with Crippen molar-refractivity contribution in [3.63, 3.8) is 0 Å². The third-order valence-electron chi connectivity index (χ3n) is 3.19. The van der Waals surface area contributed by atoms with Crippen molar-refractivity contribution in [2.75, 3.05) is 6.54 Å². The number of hydrogen-bond acceptors (Lipinski definition) is 2. The van der Waals surface area contributed by atoms with Gasteiger partial charge in [-0.25, -0.2) is 5.01 Å². The zero-order valence-electron chi connectivity index (χ0n) is 7.92. The fraction of sp³-hybridized carbons (Fsp3) is 0.455. The monoisotopic (exact) mass is 176 g/mol. The van der Waals surface area contributed by atoms with Crippen LogP contribution in [0.5, 0.6) is 0 Å². The van der Waals surface area contributed by atoms with Crippen molar-refractivity contribution in [3.8, 4) is 0 Å². The fourth-order valence-corrected chi connectivity index (χ4v) is 2.25. The van der Waals surface area contributed by atoms with Crippen molar-refractivity contribution in [2.24, 2.45) is 5.84 Å². The summed E-state index contributed by atoms with van der Waals surface area (Å²) in [5.41, 5.74) is 2.76. The SMILES string of the molecule is C=CC1=C(C=C)C2(CC2)N(N)CC1. The van der Waals surface area contributed by atoms with E-state index in [-0.39, 0.29) is 5.54 Å². The molecule has 0 atom stereocenters. The van der Waals surface area contributed by atoms with E-state index < -0.39 is 0 Å². The summed E-state index contributed by atoms with van der Waals surface area (Å²) in [4.78, 5) is 0. The van der Waals surface area contributed by atoms with Crippen LogP contribution in [0.4, 0.5) is 0 Å². The van der Waals surface area contributed by atoms with Gasteiger partial charge in [0.1, 0.15) is 0 Å². The van der Waals surface area contributed by atoms with Crippen LogP contribution in [0.15, 0.2) is 36.5 Å². The number of hydrazine groups is 1. The van der Waals surface area contributed by atoms with E-state index in [4.69, 9.17) is 5.84 Å². The molecule has 0 aromatic carbocycles. The van der Waals surface area contributed by atoms with Gasteiger partial charge in [0.2, 0.25) is 0 Å². The zero-order chi connectivity index (χ0) is 9.47. The molecular formula is C11H16N2. The number of hydrogen-bond donors (Lipinski definition) is 1. The minimum atomic E-state index is 0.128. The van der Waals surface area contributed by atoms with Crippen LogP contribution in [0.3, 0.4) is 0 Å². The van der Waals surface area contributed by atoms with Crippen molar-refractivity contribution in [1.82, 2.24) is 5.01 Å². The second-order valence-electron chi connectivity index (χ2n) is 3.82. The Morgan fingerprint density at radius 1 is 1.31 bits per heavy atom. The molecule has 1 saturated carbocycles. The zero-order valence-corrected chi connectivity index (χ0v) is 7.92. The Balaban J connectivity index is 2.43. The summed E-state index contributed by atoms with van der Waals surface area (Å²) in [5, 5.41) is 1.97. The Hall–Kier alpha value is -0.860. The summed E-state index contributed by atoms with van der Waals surface area (Å²) in [6, 6.07) is 0. The lowest BCUT2D eigenvalue weighted by atomic mass is 9.92. The van der Waals surface area contributed by atoms with Crippen LogP contribution >= 0.6 is 0 Å².